The summed E-state index contributed by atoms with van der Waals surface area (Å²) in [6, 6.07) is 14.0. The topological polar surface area (TPSA) is 84.9 Å². The van der Waals surface area contributed by atoms with E-state index in [1.807, 2.05) is 6.07 Å². The number of benzene rings is 2. The number of carbonyl (C=O) groups excluding carboxylic acids is 3. The molecular formula is C20H18N2O5S. The number of methoxy groups -OCH3 is 2. The Morgan fingerprint density at radius 1 is 1.11 bits per heavy atom. The summed E-state index contributed by atoms with van der Waals surface area (Å²) >= 11 is 0.780. The van der Waals surface area contributed by atoms with Crippen molar-refractivity contribution in [2.75, 3.05) is 26.1 Å². The first kappa shape index (κ1) is 19.5. The first-order valence-electron chi connectivity index (χ1n) is 8.34. The van der Waals surface area contributed by atoms with Crippen molar-refractivity contribution in [2.24, 2.45) is 0 Å². The summed E-state index contributed by atoms with van der Waals surface area (Å²) in [4.78, 5) is 38.2. The minimum absolute atomic E-state index is 0.212. The fourth-order valence-electron chi connectivity index (χ4n) is 2.60. The maximum Gasteiger partial charge on any atom is 0.294 e. The number of hydrogen-bond acceptors (Lipinski definition) is 6. The van der Waals surface area contributed by atoms with E-state index in [2.05, 4.69) is 5.32 Å². The summed E-state index contributed by atoms with van der Waals surface area (Å²) in [5.74, 6) is 0.153. The lowest BCUT2D eigenvalue weighted by molar-refractivity contribution is -0.127. The van der Waals surface area contributed by atoms with E-state index in [9.17, 15) is 14.4 Å². The van der Waals surface area contributed by atoms with E-state index in [4.69, 9.17) is 9.47 Å². The standard InChI is InChI=1S/C20H18N2O5S/c1-26-15-8-9-16(27-2)13(10-15)11-17-19(24)22(20(25)28-17)12-18(23)21-14-6-4-3-5-7-14/h3-11H,12H2,1-2H3,(H,21,23)/b17-11-. The molecule has 3 amide bonds. The van der Waals surface area contributed by atoms with Crippen LogP contribution in [0.5, 0.6) is 11.5 Å². The lowest BCUT2D eigenvalue weighted by atomic mass is 10.1. The fourth-order valence-corrected chi connectivity index (χ4v) is 3.42. The zero-order valence-electron chi connectivity index (χ0n) is 15.3. The van der Waals surface area contributed by atoms with Gasteiger partial charge in [0.2, 0.25) is 5.91 Å². The van der Waals surface area contributed by atoms with Crippen molar-refractivity contribution in [3.8, 4) is 11.5 Å². The number of para-hydroxylation sites is 1. The zero-order chi connectivity index (χ0) is 20.1. The number of amides is 3. The monoisotopic (exact) mass is 398 g/mol. The van der Waals surface area contributed by atoms with Crippen LogP contribution in [0.2, 0.25) is 0 Å². The Morgan fingerprint density at radius 3 is 2.54 bits per heavy atom. The number of nitrogens with one attached hydrogen (secondary N) is 1. The molecule has 1 aliphatic rings. The van der Waals surface area contributed by atoms with Gasteiger partial charge in [-0.15, -0.1) is 0 Å². The van der Waals surface area contributed by atoms with Gasteiger partial charge in [0.1, 0.15) is 18.0 Å². The Balaban J connectivity index is 1.76. The molecule has 0 spiro atoms. The van der Waals surface area contributed by atoms with Crippen molar-refractivity contribution in [2.45, 2.75) is 0 Å². The zero-order valence-corrected chi connectivity index (χ0v) is 16.1. The van der Waals surface area contributed by atoms with Gasteiger partial charge >= 0.3 is 0 Å². The number of hydrogen-bond donors (Lipinski definition) is 1. The minimum atomic E-state index is -0.525. The van der Waals surface area contributed by atoms with Crippen molar-refractivity contribution >= 4 is 40.6 Å². The first-order valence-corrected chi connectivity index (χ1v) is 9.15. The third kappa shape index (κ3) is 4.34. The molecule has 8 heteroatoms. The van der Waals surface area contributed by atoms with Crippen molar-refractivity contribution < 1.29 is 23.9 Å². The number of carbonyl (C=O) groups is 3. The lowest BCUT2D eigenvalue weighted by Gasteiger charge is -2.12. The second-order valence-electron chi connectivity index (χ2n) is 5.79. The average molecular weight is 398 g/mol. The average Bonchev–Trinajstić information content (AvgIpc) is 2.96. The van der Waals surface area contributed by atoms with Crippen LogP contribution in [-0.4, -0.2) is 42.7 Å². The second-order valence-corrected chi connectivity index (χ2v) is 6.78. The van der Waals surface area contributed by atoms with E-state index in [1.54, 1.807) is 48.5 Å². The molecular weight excluding hydrogens is 380 g/mol. The van der Waals surface area contributed by atoms with Crippen LogP contribution >= 0.6 is 11.8 Å². The molecule has 7 nitrogen and oxygen atoms in total. The van der Waals surface area contributed by atoms with Crippen LogP contribution in [0.15, 0.2) is 53.4 Å². The van der Waals surface area contributed by atoms with Crippen LogP contribution in [-0.2, 0) is 9.59 Å². The normalized spacial score (nSPS) is 15.1. The Kier molecular flexibility index (Phi) is 6.00. The summed E-state index contributed by atoms with van der Waals surface area (Å²) in [6.45, 7) is -0.355. The molecule has 2 aromatic carbocycles. The molecule has 1 fully saturated rings. The largest absolute Gasteiger partial charge is 0.497 e. The Labute approximate surface area is 166 Å². The van der Waals surface area contributed by atoms with Gasteiger partial charge in [-0.2, -0.15) is 0 Å². The summed E-state index contributed by atoms with van der Waals surface area (Å²) in [6.07, 6.45) is 1.56. The molecule has 28 heavy (non-hydrogen) atoms. The maximum atomic E-state index is 12.6. The number of imide groups is 1. The summed E-state index contributed by atoms with van der Waals surface area (Å²) in [5, 5.41) is 2.16. The van der Waals surface area contributed by atoms with Gasteiger partial charge in [0.25, 0.3) is 11.1 Å². The number of rotatable bonds is 6. The van der Waals surface area contributed by atoms with Crippen LogP contribution in [0.3, 0.4) is 0 Å². The highest BCUT2D eigenvalue weighted by Gasteiger charge is 2.36. The highest BCUT2D eigenvalue weighted by molar-refractivity contribution is 8.18. The van der Waals surface area contributed by atoms with Gasteiger partial charge in [0.15, 0.2) is 0 Å². The van der Waals surface area contributed by atoms with Gasteiger partial charge in [0, 0.05) is 11.3 Å². The molecule has 3 rings (SSSR count). The molecule has 1 aliphatic heterocycles. The molecule has 1 N–H and O–H groups in total. The molecule has 0 bridgehead atoms. The minimum Gasteiger partial charge on any atom is -0.497 e. The van der Waals surface area contributed by atoms with E-state index >= 15 is 0 Å². The number of anilines is 1. The van der Waals surface area contributed by atoms with Crippen LogP contribution in [0, 0.1) is 0 Å². The van der Waals surface area contributed by atoms with Gasteiger partial charge in [-0.25, -0.2) is 0 Å². The molecule has 0 aliphatic carbocycles. The highest BCUT2D eigenvalue weighted by atomic mass is 32.2. The Morgan fingerprint density at radius 2 is 1.86 bits per heavy atom. The summed E-state index contributed by atoms with van der Waals surface area (Å²) in [5.41, 5.74) is 1.19. The molecule has 1 saturated heterocycles. The molecule has 1 heterocycles. The molecule has 0 atom stereocenters. The SMILES string of the molecule is COc1ccc(OC)c(/C=C2\SC(=O)N(CC(=O)Nc3ccccc3)C2=O)c1. The van der Waals surface area contributed by atoms with Crippen LogP contribution in [0.4, 0.5) is 10.5 Å². The van der Waals surface area contributed by atoms with Crippen LogP contribution in [0.1, 0.15) is 5.56 Å². The Bertz CT molecular complexity index is 943. The van der Waals surface area contributed by atoms with E-state index < -0.39 is 17.1 Å². The van der Waals surface area contributed by atoms with E-state index in [0.29, 0.717) is 22.7 Å². The predicted octanol–water partition coefficient (Wildman–Crippen LogP) is 3.38. The quantitative estimate of drug-likeness (QED) is 0.751. The predicted molar refractivity (Wildman–Crippen MR) is 107 cm³/mol. The maximum absolute atomic E-state index is 12.6. The molecule has 2 aromatic rings. The summed E-state index contributed by atoms with van der Waals surface area (Å²) < 4.78 is 10.5. The number of thioether (sulfide) groups is 1. The second kappa shape index (κ2) is 8.62. The number of ether oxygens (including phenoxy) is 2. The van der Waals surface area contributed by atoms with E-state index in [1.165, 1.54) is 14.2 Å². The van der Waals surface area contributed by atoms with Gasteiger partial charge in [-0.05, 0) is 48.2 Å². The van der Waals surface area contributed by atoms with Gasteiger partial charge in [0.05, 0.1) is 19.1 Å². The van der Waals surface area contributed by atoms with Crippen molar-refractivity contribution in [1.82, 2.24) is 4.90 Å². The molecule has 0 radical (unpaired) electrons. The lowest BCUT2D eigenvalue weighted by Crippen LogP contribution is -2.36. The fraction of sp³-hybridized carbons (Fsp3) is 0.150. The molecule has 0 aromatic heterocycles. The smallest absolute Gasteiger partial charge is 0.294 e. The van der Waals surface area contributed by atoms with Gasteiger partial charge in [-0.1, -0.05) is 18.2 Å². The summed E-state index contributed by atoms with van der Waals surface area (Å²) in [7, 11) is 3.05. The van der Waals surface area contributed by atoms with Crippen LogP contribution in [0.25, 0.3) is 6.08 Å². The van der Waals surface area contributed by atoms with Crippen LogP contribution < -0.4 is 14.8 Å². The third-order valence-corrected chi connectivity index (χ3v) is 4.86. The first-order chi connectivity index (χ1) is 13.5. The van der Waals surface area contributed by atoms with Gasteiger partial charge < -0.3 is 14.8 Å². The molecule has 0 saturated carbocycles. The Hall–Kier alpha value is -3.26. The highest BCUT2D eigenvalue weighted by Crippen LogP contribution is 2.35. The molecule has 144 valence electrons. The van der Waals surface area contributed by atoms with Crippen molar-refractivity contribution in [1.29, 1.82) is 0 Å². The van der Waals surface area contributed by atoms with Crippen molar-refractivity contribution in [3.63, 3.8) is 0 Å². The van der Waals surface area contributed by atoms with Gasteiger partial charge in [-0.3, -0.25) is 19.3 Å². The third-order valence-electron chi connectivity index (χ3n) is 3.96. The van der Waals surface area contributed by atoms with Crippen molar-refractivity contribution in [3.05, 3.63) is 59.0 Å². The van der Waals surface area contributed by atoms with E-state index in [-0.39, 0.29) is 11.4 Å². The van der Waals surface area contributed by atoms with E-state index in [0.717, 1.165) is 16.7 Å². The molecule has 0 unspecified atom stereocenters. The number of nitrogens with zero attached hydrogens (tertiary/aromatic N) is 1.